The van der Waals surface area contributed by atoms with Gasteiger partial charge in [0.2, 0.25) is 5.91 Å². The monoisotopic (exact) mass is 390 g/mol. The maximum absolute atomic E-state index is 12.8. The van der Waals surface area contributed by atoms with Crippen LogP contribution in [0.1, 0.15) is 30.1 Å². The Bertz CT molecular complexity index is 1020. The molecule has 0 saturated carbocycles. The van der Waals surface area contributed by atoms with Gasteiger partial charge in [0, 0.05) is 42.8 Å². The molecule has 1 aliphatic rings. The van der Waals surface area contributed by atoms with Crippen LogP contribution in [0.2, 0.25) is 0 Å². The van der Waals surface area contributed by atoms with Crippen molar-refractivity contribution in [3.8, 4) is 5.82 Å². The lowest BCUT2D eigenvalue weighted by molar-refractivity contribution is -0.120. The van der Waals surface area contributed by atoms with Crippen LogP contribution in [-0.4, -0.2) is 44.5 Å². The topological polar surface area (TPSA) is 93.0 Å². The predicted molar refractivity (Wildman–Crippen MR) is 109 cm³/mol. The standard InChI is InChI=1S/C21H22N6O2/c1-15(28)16-5-2-7-18(11-16)25-21(29)17-6-3-9-26(13-17)19-12-20(23-14-22-19)27-10-4-8-24-27/h2,4-5,7-8,10-12,14,17H,3,6,9,13H2,1H3,(H,25,29). The number of hydrogen-bond acceptors (Lipinski definition) is 6. The normalized spacial score (nSPS) is 16.4. The first-order valence-corrected chi connectivity index (χ1v) is 9.59. The molecule has 1 atom stereocenters. The molecule has 1 unspecified atom stereocenters. The van der Waals surface area contributed by atoms with Crippen molar-refractivity contribution in [2.24, 2.45) is 5.92 Å². The van der Waals surface area contributed by atoms with Crippen LogP contribution in [0.3, 0.4) is 0 Å². The van der Waals surface area contributed by atoms with Gasteiger partial charge in [0.05, 0.1) is 5.92 Å². The number of ketones is 1. The summed E-state index contributed by atoms with van der Waals surface area (Å²) in [5.74, 6) is 1.24. The first-order chi connectivity index (χ1) is 14.1. The molecule has 1 amide bonds. The number of anilines is 2. The van der Waals surface area contributed by atoms with Crippen molar-refractivity contribution in [3.05, 3.63) is 60.7 Å². The quantitative estimate of drug-likeness (QED) is 0.674. The highest BCUT2D eigenvalue weighted by Gasteiger charge is 2.27. The molecular formula is C21H22N6O2. The Morgan fingerprint density at radius 2 is 2.00 bits per heavy atom. The number of amides is 1. The molecule has 8 heteroatoms. The summed E-state index contributed by atoms with van der Waals surface area (Å²) < 4.78 is 1.68. The molecule has 29 heavy (non-hydrogen) atoms. The van der Waals surface area contributed by atoms with E-state index in [2.05, 4.69) is 25.3 Å². The Labute approximate surface area is 168 Å². The molecule has 0 bridgehead atoms. The Morgan fingerprint density at radius 1 is 1.14 bits per heavy atom. The van der Waals surface area contributed by atoms with Crippen LogP contribution in [0.5, 0.6) is 0 Å². The van der Waals surface area contributed by atoms with Gasteiger partial charge < -0.3 is 10.2 Å². The van der Waals surface area contributed by atoms with Crippen molar-refractivity contribution in [1.29, 1.82) is 0 Å². The zero-order valence-corrected chi connectivity index (χ0v) is 16.2. The summed E-state index contributed by atoms with van der Waals surface area (Å²) in [5.41, 5.74) is 1.23. The van der Waals surface area contributed by atoms with Crippen molar-refractivity contribution in [2.75, 3.05) is 23.3 Å². The van der Waals surface area contributed by atoms with Crippen LogP contribution < -0.4 is 10.2 Å². The highest BCUT2D eigenvalue weighted by molar-refractivity contribution is 5.97. The van der Waals surface area contributed by atoms with E-state index in [4.69, 9.17) is 0 Å². The minimum atomic E-state index is -0.159. The lowest BCUT2D eigenvalue weighted by Gasteiger charge is -2.32. The zero-order valence-electron chi connectivity index (χ0n) is 16.2. The molecule has 1 aromatic carbocycles. The van der Waals surface area contributed by atoms with Crippen LogP contribution in [0.4, 0.5) is 11.5 Å². The second-order valence-electron chi connectivity index (χ2n) is 7.10. The Balaban J connectivity index is 1.46. The third-order valence-corrected chi connectivity index (χ3v) is 5.03. The third-order valence-electron chi connectivity index (χ3n) is 5.03. The van der Waals surface area contributed by atoms with E-state index < -0.39 is 0 Å². The summed E-state index contributed by atoms with van der Waals surface area (Å²) in [7, 11) is 0. The van der Waals surface area contributed by atoms with E-state index in [-0.39, 0.29) is 17.6 Å². The third kappa shape index (κ3) is 4.31. The van der Waals surface area contributed by atoms with Gasteiger partial charge in [-0.2, -0.15) is 5.10 Å². The van der Waals surface area contributed by atoms with E-state index >= 15 is 0 Å². The minimum absolute atomic E-state index is 0.0262. The van der Waals surface area contributed by atoms with Crippen LogP contribution in [0, 0.1) is 5.92 Å². The lowest BCUT2D eigenvalue weighted by atomic mass is 9.97. The summed E-state index contributed by atoms with van der Waals surface area (Å²) in [4.78, 5) is 35.1. The smallest absolute Gasteiger partial charge is 0.229 e. The van der Waals surface area contributed by atoms with Crippen LogP contribution in [-0.2, 0) is 4.79 Å². The molecule has 8 nitrogen and oxygen atoms in total. The SMILES string of the molecule is CC(=O)c1cccc(NC(=O)C2CCCN(c3cc(-n4cccn4)ncn3)C2)c1. The largest absolute Gasteiger partial charge is 0.356 e. The Morgan fingerprint density at radius 3 is 2.79 bits per heavy atom. The van der Waals surface area contributed by atoms with E-state index in [1.165, 1.54) is 13.3 Å². The summed E-state index contributed by atoms with van der Waals surface area (Å²) in [6.07, 6.45) is 6.75. The number of carbonyl (C=O) groups is 2. The Kier molecular flexibility index (Phi) is 5.33. The second-order valence-corrected chi connectivity index (χ2v) is 7.10. The molecular weight excluding hydrogens is 368 g/mol. The van der Waals surface area contributed by atoms with Gasteiger partial charge in [-0.05, 0) is 38.0 Å². The fourth-order valence-corrected chi connectivity index (χ4v) is 3.50. The maximum atomic E-state index is 12.8. The summed E-state index contributed by atoms with van der Waals surface area (Å²) in [6.45, 7) is 2.92. The fourth-order valence-electron chi connectivity index (χ4n) is 3.50. The van der Waals surface area contributed by atoms with Gasteiger partial charge in [0.1, 0.15) is 12.1 Å². The van der Waals surface area contributed by atoms with Gasteiger partial charge in [-0.15, -0.1) is 0 Å². The van der Waals surface area contributed by atoms with E-state index in [0.29, 0.717) is 23.6 Å². The summed E-state index contributed by atoms with van der Waals surface area (Å²) >= 11 is 0. The molecule has 1 saturated heterocycles. The van der Waals surface area contributed by atoms with E-state index in [9.17, 15) is 9.59 Å². The molecule has 3 heterocycles. The van der Waals surface area contributed by atoms with Gasteiger partial charge >= 0.3 is 0 Å². The number of benzene rings is 1. The molecule has 0 spiro atoms. The van der Waals surface area contributed by atoms with Gasteiger partial charge in [0.15, 0.2) is 11.6 Å². The van der Waals surface area contributed by atoms with Crippen LogP contribution >= 0.6 is 0 Å². The molecule has 2 aromatic heterocycles. The highest BCUT2D eigenvalue weighted by Crippen LogP contribution is 2.24. The Hall–Kier alpha value is -3.55. The number of Topliss-reactive ketones (excluding diaryl/α,β-unsaturated/α-hetero) is 1. The number of hydrogen-bond donors (Lipinski definition) is 1. The number of aromatic nitrogens is 4. The number of nitrogens with zero attached hydrogens (tertiary/aromatic N) is 5. The van der Waals surface area contributed by atoms with Crippen molar-refractivity contribution >= 4 is 23.2 Å². The van der Waals surface area contributed by atoms with Gasteiger partial charge in [0.25, 0.3) is 0 Å². The molecule has 1 aliphatic heterocycles. The number of rotatable bonds is 5. The molecule has 1 N–H and O–H groups in total. The van der Waals surface area contributed by atoms with Gasteiger partial charge in [-0.25, -0.2) is 14.6 Å². The van der Waals surface area contributed by atoms with Gasteiger partial charge in [-0.3, -0.25) is 9.59 Å². The number of nitrogens with one attached hydrogen (secondary N) is 1. The second kappa shape index (κ2) is 8.22. The molecule has 1 fully saturated rings. The van der Waals surface area contributed by atoms with Crippen molar-refractivity contribution < 1.29 is 9.59 Å². The first kappa shape index (κ1) is 18.8. The summed E-state index contributed by atoms with van der Waals surface area (Å²) in [5, 5.41) is 7.15. The molecule has 148 valence electrons. The van der Waals surface area contributed by atoms with Crippen molar-refractivity contribution in [3.63, 3.8) is 0 Å². The average molecular weight is 390 g/mol. The van der Waals surface area contributed by atoms with E-state index in [0.717, 1.165) is 25.2 Å². The highest BCUT2D eigenvalue weighted by atomic mass is 16.2. The maximum Gasteiger partial charge on any atom is 0.229 e. The lowest BCUT2D eigenvalue weighted by Crippen LogP contribution is -2.41. The van der Waals surface area contributed by atoms with Gasteiger partial charge in [-0.1, -0.05) is 12.1 Å². The van der Waals surface area contributed by atoms with Crippen LogP contribution in [0.25, 0.3) is 5.82 Å². The molecule has 0 radical (unpaired) electrons. The fraction of sp³-hybridized carbons (Fsp3) is 0.286. The summed E-state index contributed by atoms with van der Waals surface area (Å²) in [6, 6.07) is 10.7. The first-order valence-electron chi connectivity index (χ1n) is 9.59. The molecule has 0 aliphatic carbocycles. The number of carbonyl (C=O) groups excluding carboxylic acids is 2. The van der Waals surface area contributed by atoms with E-state index in [1.807, 2.05) is 18.3 Å². The predicted octanol–water partition coefficient (Wildman–Crippen LogP) is 2.72. The molecule has 4 rings (SSSR count). The average Bonchev–Trinajstić information content (AvgIpc) is 3.29. The zero-order chi connectivity index (χ0) is 20.2. The minimum Gasteiger partial charge on any atom is -0.356 e. The van der Waals surface area contributed by atoms with E-state index in [1.54, 1.807) is 35.1 Å². The van der Waals surface area contributed by atoms with Crippen LogP contribution in [0.15, 0.2) is 55.1 Å². The molecule has 3 aromatic rings. The van der Waals surface area contributed by atoms with Crippen molar-refractivity contribution in [1.82, 2.24) is 19.7 Å². The van der Waals surface area contributed by atoms with Crippen molar-refractivity contribution in [2.45, 2.75) is 19.8 Å². The number of piperidine rings is 1.